The maximum atomic E-state index is 14.2. The van der Waals surface area contributed by atoms with Gasteiger partial charge in [0.05, 0.1) is 71.1 Å². The van der Waals surface area contributed by atoms with Crippen LogP contribution in [0.15, 0.2) is 66.2 Å². The molecular weight excluding hydrogens is 987 g/mol. The van der Waals surface area contributed by atoms with E-state index in [1.165, 1.54) is 18.1 Å². The summed E-state index contributed by atoms with van der Waals surface area (Å²) >= 11 is 1.57. The third-order valence-electron chi connectivity index (χ3n) is 13.9. The molecule has 18 nitrogen and oxygen atoms in total. The number of nitrogens with one attached hydrogen (secondary N) is 3. The van der Waals surface area contributed by atoms with Gasteiger partial charge in [-0.15, -0.1) is 11.3 Å². The van der Waals surface area contributed by atoms with Crippen LogP contribution >= 0.6 is 11.3 Å². The number of thiazole rings is 1. The Morgan fingerprint density at radius 1 is 0.959 bits per heavy atom. The number of β-amino-alcohol motifs (C(OH)–C–C–N with tert-alkyl or cyclic N) is 1. The first-order valence-corrected chi connectivity index (χ1v) is 28.2. The van der Waals surface area contributed by atoms with Gasteiger partial charge in [-0.3, -0.25) is 38.6 Å². The molecule has 0 aliphatic carbocycles. The molecular formula is C54H69N7O11S2. The standard InChI is InChI=1S/C54H69N7O11S2/c1-8-72-44-26-37(20-21-43(44)71-6)42(31-74(7,69)70)61-51(66)39-13-11-14-40(47(39)52(61)67)57-45(63)15-10-9-12-34-22-24-59(25-23-34)30-46(64)58-49(54(3,4)5)53(68)60-29-38(62)27-41(60)50(65)55-28-35-16-18-36(19-17-35)48-33(2)56-32-73-48/h11,13-14,16-21,26,32,34,38,41-42,49,62H,8-10,12,15,22-25,27-31H2,1-7H3,(H,55,65)(H,57,63)(H,58,64)/t38-,41+,42-,49-/m1/s1. The highest BCUT2D eigenvalue weighted by molar-refractivity contribution is 7.90. The predicted octanol–water partition coefficient (Wildman–Crippen LogP) is 5.93. The van der Waals surface area contributed by atoms with E-state index in [1.807, 2.05) is 57.5 Å². The number of aliphatic hydroxyl groups excluding tert-OH is 1. The lowest BCUT2D eigenvalue weighted by atomic mass is 9.85. The Morgan fingerprint density at radius 3 is 2.34 bits per heavy atom. The van der Waals surface area contributed by atoms with Crippen LogP contribution in [0.1, 0.15) is 116 Å². The van der Waals surface area contributed by atoms with Gasteiger partial charge < -0.3 is 35.4 Å². The summed E-state index contributed by atoms with van der Waals surface area (Å²) < 4.78 is 36.5. The lowest BCUT2D eigenvalue weighted by molar-refractivity contribution is -0.144. The van der Waals surface area contributed by atoms with Gasteiger partial charge in [0, 0.05) is 32.2 Å². The van der Waals surface area contributed by atoms with Crippen molar-refractivity contribution in [3.63, 3.8) is 0 Å². The van der Waals surface area contributed by atoms with E-state index in [9.17, 15) is 42.3 Å². The number of amides is 6. The number of fused-ring (bicyclic) bond motifs is 1. The van der Waals surface area contributed by atoms with E-state index in [4.69, 9.17) is 9.47 Å². The highest BCUT2D eigenvalue weighted by Gasteiger charge is 2.46. The van der Waals surface area contributed by atoms with E-state index in [0.717, 1.165) is 58.5 Å². The van der Waals surface area contributed by atoms with Crippen LogP contribution in [-0.2, 0) is 35.6 Å². The van der Waals surface area contributed by atoms with Crippen molar-refractivity contribution in [2.45, 2.75) is 110 Å². The molecule has 0 unspecified atom stereocenters. The number of carbonyl (C=O) groups excluding carboxylic acids is 6. The van der Waals surface area contributed by atoms with Crippen molar-refractivity contribution < 1.29 is 51.8 Å². The van der Waals surface area contributed by atoms with Crippen LogP contribution in [-0.4, -0.2) is 139 Å². The first-order valence-electron chi connectivity index (χ1n) is 25.2. The summed E-state index contributed by atoms with van der Waals surface area (Å²) in [6.07, 6.45) is 4.37. The third-order valence-corrected chi connectivity index (χ3v) is 15.8. The quantitative estimate of drug-likeness (QED) is 0.0561. The Morgan fingerprint density at radius 2 is 1.69 bits per heavy atom. The van der Waals surface area contributed by atoms with E-state index < -0.39 is 63.0 Å². The number of unbranched alkanes of at least 4 members (excludes halogenated alkanes) is 1. The Labute approximate surface area is 437 Å². The van der Waals surface area contributed by atoms with E-state index in [-0.39, 0.29) is 67.0 Å². The SMILES string of the molecule is CCOc1cc([C@@H](CS(C)(=O)=O)N2C(=O)c3cccc(NC(=O)CCCCC4CCN(CC(=O)N[C@H](C(=O)N5C[C@H](O)C[C@H]5C(=O)NCc5ccc(-c6scnc6C)cc5)C(C)(C)C)CC4)c3C2=O)ccc1OC. The van der Waals surface area contributed by atoms with Crippen LogP contribution in [0.5, 0.6) is 11.5 Å². The molecule has 3 aliphatic rings. The average Bonchev–Trinajstić information content (AvgIpc) is 4.04. The van der Waals surface area contributed by atoms with Crippen LogP contribution in [0.2, 0.25) is 0 Å². The molecule has 0 radical (unpaired) electrons. The molecule has 0 saturated carbocycles. The zero-order chi connectivity index (χ0) is 53.5. The van der Waals surface area contributed by atoms with Crippen LogP contribution in [0.4, 0.5) is 5.69 Å². The predicted molar refractivity (Wildman–Crippen MR) is 281 cm³/mol. The summed E-state index contributed by atoms with van der Waals surface area (Å²) in [5, 5.41) is 19.4. The molecule has 0 bridgehead atoms. The number of likely N-dealkylation sites (tertiary alicyclic amines) is 2. The number of benzene rings is 3. The van der Waals surface area contributed by atoms with Gasteiger partial charge in [0.2, 0.25) is 23.6 Å². The minimum absolute atomic E-state index is 0.000796. The number of aryl methyl sites for hydroxylation is 1. The largest absolute Gasteiger partial charge is 0.493 e. The molecule has 3 aliphatic heterocycles. The molecule has 6 amide bonds. The van der Waals surface area contributed by atoms with E-state index in [0.29, 0.717) is 49.1 Å². The third kappa shape index (κ3) is 13.5. The van der Waals surface area contributed by atoms with Crippen molar-refractivity contribution in [3.8, 4) is 21.9 Å². The summed E-state index contributed by atoms with van der Waals surface area (Å²) in [7, 11) is -2.24. The van der Waals surface area contributed by atoms with Crippen molar-refractivity contribution in [1.82, 2.24) is 30.3 Å². The second-order valence-corrected chi connectivity index (χ2v) is 23.7. The number of carbonyl (C=O) groups is 6. The van der Waals surface area contributed by atoms with E-state index in [2.05, 4.69) is 25.8 Å². The number of piperidine rings is 1. The Kier molecular flexibility index (Phi) is 18.0. The number of aromatic nitrogens is 1. The second kappa shape index (κ2) is 24.0. The molecule has 1 aromatic heterocycles. The molecule has 74 heavy (non-hydrogen) atoms. The second-order valence-electron chi connectivity index (χ2n) is 20.6. The van der Waals surface area contributed by atoms with E-state index >= 15 is 0 Å². The molecule has 7 rings (SSSR count). The van der Waals surface area contributed by atoms with Gasteiger partial charge in [-0.25, -0.2) is 13.4 Å². The summed E-state index contributed by atoms with van der Waals surface area (Å²) in [5.74, 6) is -2.21. The lowest BCUT2D eigenvalue weighted by Crippen LogP contribution is -2.58. The molecule has 4 aromatic rings. The van der Waals surface area contributed by atoms with Crippen molar-refractivity contribution in [2.24, 2.45) is 11.3 Å². The fraction of sp³-hybridized carbons (Fsp3) is 0.500. The topological polar surface area (TPSA) is 234 Å². The van der Waals surface area contributed by atoms with Crippen LogP contribution in [0, 0.1) is 18.3 Å². The number of methoxy groups -OCH3 is 1. The molecule has 3 aromatic carbocycles. The monoisotopic (exact) mass is 1060 g/mol. The normalized spacial score (nSPS) is 18.2. The number of anilines is 1. The van der Waals surface area contributed by atoms with Gasteiger partial charge in [0.25, 0.3) is 11.8 Å². The van der Waals surface area contributed by atoms with Crippen LogP contribution < -0.4 is 25.4 Å². The van der Waals surface area contributed by atoms with Gasteiger partial charge in [-0.05, 0) is 98.5 Å². The fourth-order valence-corrected chi connectivity index (χ4v) is 11.7. The average molecular weight is 1060 g/mol. The minimum atomic E-state index is -3.71. The molecule has 4 heterocycles. The fourth-order valence-electron chi connectivity index (χ4n) is 10.0. The first kappa shape index (κ1) is 55.5. The van der Waals surface area contributed by atoms with Gasteiger partial charge in [0.15, 0.2) is 11.5 Å². The number of sulfone groups is 1. The van der Waals surface area contributed by atoms with Gasteiger partial charge in [-0.1, -0.05) is 70.0 Å². The number of aliphatic hydroxyl groups is 1. The number of hydrogen-bond acceptors (Lipinski definition) is 14. The maximum absolute atomic E-state index is 14.2. The molecule has 4 N–H and O–H groups in total. The molecule has 0 spiro atoms. The Balaban J connectivity index is 0.859. The summed E-state index contributed by atoms with van der Waals surface area (Å²) in [6.45, 7) is 11.3. The molecule has 2 saturated heterocycles. The highest BCUT2D eigenvalue weighted by Crippen LogP contribution is 2.39. The van der Waals surface area contributed by atoms with Gasteiger partial charge in [-0.2, -0.15) is 0 Å². The smallest absolute Gasteiger partial charge is 0.264 e. The number of ether oxygens (including phenoxy) is 2. The van der Waals surface area contributed by atoms with Crippen LogP contribution in [0.25, 0.3) is 10.4 Å². The highest BCUT2D eigenvalue weighted by atomic mass is 32.2. The zero-order valence-corrected chi connectivity index (χ0v) is 44.9. The molecule has 4 atom stereocenters. The minimum Gasteiger partial charge on any atom is -0.493 e. The van der Waals surface area contributed by atoms with Crippen molar-refractivity contribution >= 4 is 62.3 Å². The first-order chi connectivity index (χ1) is 35.1. The Bertz CT molecular complexity index is 2820. The summed E-state index contributed by atoms with van der Waals surface area (Å²) in [5.41, 5.74) is 4.60. The number of nitrogens with zero attached hydrogens (tertiary/aromatic N) is 4. The Hall–Kier alpha value is -6.22. The zero-order valence-electron chi connectivity index (χ0n) is 43.3. The number of rotatable bonds is 21. The van der Waals surface area contributed by atoms with Crippen molar-refractivity contribution in [1.29, 1.82) is 0 Å². The molecule has 2 fully saturated rings. The number of imide groups is 1. The summed E-state index contributed by atoms with van der Waals surface area (Å²) in [4.78, 5) is 92.4. The lowest BCUT2D eigenvalue weighted by Gasteiger charge is -2.36. The molecule has 20 heteroatoms. The van der Waals surface area contributed by atoms with Crippen LogP contribution in [0.3, 0.4) is 0 Å². The maximum Gasteiger partial charge on any atom is 0.264 e. The number of hydrogen-bond donors (Lipinski definition) is 4. The van der Waals surface area contributed by atoms with Crippen molar-refractivity contribution in [2.75, 3.05) is 57.2 Å². The van der Waals surface area contributed by atoms with E-state index in [1.54, 1.807) is 48.6 Å². The van der Waals surface area contributed by atoms with Gasteiger partial charge >= 0.3 is 0 Å². The summed E-state index contributed by atoms with van der Waals surface area (Å²) in [6, 6.07) is 14.2. The molecule has 398 valence electrons. The van der Waals surface area contributed by atoms with Gasteiger partial charge in [0.1, 0.15) is 21.9 Å². The van der Waals surface area contributed by atoms with Crippen molar-refractivity contribution in [3.05, 3.63) is 94.1 Å².